The fourth-order valence-electron chi connectivity index (χ4n) is 1.83. The van der Waals surface area contributed by atoms with Gasteiger partial charge in [-0.1, -0.05) is 6.08 Å². The fourth-order valence-corrected chi connectivity index (χ4v) is 2.97. The summed E-state index contributed by atoms with van der Waals surface area (Å²) in [6.07, 6.45) is 1.76. The average Bonchev–Trinajstić information content (AvgIpc) is 2.72. The van der Waals surface area contributed by atoms with Crippen molar-refractivity contribution >= 4 is 33.3 Å². The van der Waals surface area contributed by atoms with Gasteiger partial charge in [0.15, 0.2) is 0 Å². The van der Waals surface area contributed by atoms with E-state index in [1.165, 1.54) is 18.4 Å². The predicted molar refractivity (Wildman–Crippen MR) is 76.9 cm³/mol. The van der Waals surface area contributed by atoms with E-state index >= 15 is 0 Å². The third kappa shape index (κ3) is 2.44. The van der Waals surface area contributed by atoms with Crippen LogP contribution in [0.15, 0.2) is 12.7 Å². The Labute approximate surface area is 115 Å². The zero-order chi connectivity index (χ0) is 14.0. The summed E-state index contributed by atoms with van der Waals surface area (Å²) in [5, 5.41) is 4.05. The molecule has 0 aliphatic rings. The SMILES string of the molecule is C=CCNc1nc(C)nc2sc(C(=O)OC)c(C)c12. The van der Waals surface area contributed by atoms with Crippen molar-refractivity contribution in [1.29, 1.82) is 0 Å². The number of rotatable bonds is 4. The van der Waals surface area contributed by atoms with Gasteiger partial charge in [0.2, 0.25) is 0 Å². The summed E-state index contributed by atoms with van der Waals surface area (Å²) < 4.78 is 4.78. The number of esters is 1. The summed E-state index contributed by atoms with van der Waals surface area (Å²) in [4.78, 5) is 21.8. The maximum atomic E-state index is 11.7. The molecule has 19 heavy (non-hydrogen) atoms. The van der Waals surface area contributed by atoms with E-state index in [-0.39, 0.29) is 5.97 Å². The third-order valence-electron chi connectivity index (χ3n) is 2.69. The second kappa shape index (κ2) is 5.36. The highest BCUT2D eigenvalue weighted by atomic mass is 32.1. The molecule has 100 valence electrons. The van der Waals surface area contributed by atoms with Crippen LogP contribution in [0, 0.1) is 13.8 Å². The standard InChI is InChI=1S/C13H15N3O2S/c1-5-6-14-11-9-7(2)10(13(17)18-4)19-12(9)16-8(3)15-11/h5H,1,6H2,2-4H3,(H,14,15,16). The monoisotopic (exact) mass is 277 g/mol. The molecule has 2 heterocycles. The predicted octanol–water partition coefficient (Wildman–Crippen LogP) is 2.69. The van der Waals surface area contributed by atoms with Crippen LogP contribution in [0.5, 0.6) is 0 Å². The van der Waals surface area contributed by atoms with Gasteiger partial charge in [0.05, 0.1) is 12.5 Å². The van der Waals surface area contributed by atoms with E-state index in [4.69, 9.17) is 4.74 Å². The zero-order valence-electron chi connectivity index (χ0n) is 11.1. The van der Waals surface area contributed by atoms with Crippen LogP contribution < -0.4 is 5.32 Å². The van der Waals surface area contributed by atoms with Crippen LogP contribution in [-0.4, -0.2) is 29.6 Å². The minimum Gasteiger partial charge on any atom is -0.465 e. The molecule has 6 heteroatoms. The molecule has 0 amide bonds. The van der Waals surface area contributed by atoms with Gasteiger partial charge in [0.1, 0.15) is 21.3 Å². The number of hydrogen-bond donors (Lipinski definition) is 1. The van der Waals surface area contributed by atoms with E-state index in [0.717, 1.165) is 21.6 Å². The summed E-state index contributed by atoms with van der Waals surface area (Å²) in [6, 6.07) is 0. The largest absolute Gasteiger partial charge is 0.465 e. The molecule has 0 radical (unpaired) electrons. The molecule has 0 spiro atoms. The lowest BCUT2D eigenvalue weighted by molar-refractivity contribution is 0.0605. The Bertz CT molecular complexity index is 649. The minimum atomic E-state index is -0.340. The van der Waals surface area contributed by atoms with E-state index in [1.807, 2.05) is 13.8 Å². The molecule has 0 aromatic carbocycles. The highest BCUT2D eigenvalue weighted by molar-refractivity contribution is 7.20. The van der Waals surface area contributed by atoms with Crippen molar-refractivity contribution in [1.82, 2.24) is 9.97 Å². The van der Waals surface area contributed by atoms with Crippen LogP contribution in [0.3, 0.4) is 0 Å². The van der Waals surface area contributed by atoms with E-state index < -0.39 is 0 Å². The summed E-state index contributed by atoms with van der Waals surface area (Å²) in [5.41, 5.74) is 0.846. The second-order valence-corrected chi connectivity index (χ2v) is 5.02. The Morgan fingerprint density at radius 3 is 2.84 bits per heavy atom. The normalized spacial score (nSPS) is 10.5. The quantitative estimate of drug-likeness (QED) is 0.687. The lowest BCUT2D eigenvalue weighted by Gasteiger charge is -2.06. The first-order chi connectivity index (χ1) is 9.08. The van der Waals surface area contributed by atoms with Crippen molar-refractivity contribution in [2.45, 2.75) is 13.8 Å². The van der Waals surface area contributed by atoms with Crippen molar-refractivity contribution in [3.8, 4) is 0 Å². The van der Waals surface area contributed by atoms with Gasteiger partial charge in [0, 0.05) is 6.54 Å². The maximum Gasteiger partial charge on any atom is 0.348 e. The molecule has 0 atom stereocenters. The summed E-state index contributed by atoms with van der Waals surface area (Å²) in [7, 11) is 1.37. The van der Waals surface area contributed by atoms with Gasteiger partial charge < -0.3 is 10.1 Å². The molecule has 2 aromatic rings. The number of thiophene rings is 1. The Morgan fingerprint density at radius 1 is 1.47 bits per heavy atom. The lowest BCUT2D eigenvalue weighted by atomic mass is 10.2. The molecule has 0 unspecified atom stereocenters. The molecule has 0 saturated heterocycles. The first-order valence-corrected chi connectivity index (χ1v) is 6.61. The number of ether oxygens (including phenoxy) is 1. The molecule has 0 aliphatic carbocycles. The Kier molecular flexibility index (Phi) is 3.80. The highest BCUT2D eigenvalue weighted by Gasteiger charge is 2.20. The van der Waals surface area contributed by atoms with Crippen molar-refractivity contribution in [2.24, 2.45) is 0 Å². The molecular weight excluding hydrogens is 262 g/mol. The van der Waals surface area contributed by atoms with Crippen molar-refractivity contribution in [3.05, 3.63) is 28.9 Å². The number of hydrogen-bond acceptors (Lipinski definition) is 6. The van der Waals surface area contributed by atoms with Crippen LogP contribution in [0.25, 0.3) is 10.2 Å². The molecule has 2 rings (SSSR count). The number of nitrogens with zero attached hydrogens (tertiary/aromatic N) is 2. The molecule has 1 N–H and O–H groups in total. The van der Waals surface area contributed by atoms with E-state index in [2.05, 4.69) is 21.9 Å². The number of fused-ring (bicyclic) bond motifs is 1. The number of anilines is 1. The number of aryl methyl sites for hydroxylation is 2. The molecule has 2 aromatic heterocycles. The minimum absolute atomic E-state index is 0.340. The fraction of sp³-hybridized carbons (Fsp3) is 0.308. The molecule has 0 aliphatic heterocycles. The second-order valence-electron chi connectivity index (χ2n) is 4.02. The molecular formula is C13H15N3O2S. The number of aromatic nitrogens is 2. The first-order valence-electron chi connectivity index (χ1n) is 5.79. The molecule has 0 bridgehead atoms. The van der Waals surface area contributed by atoms with Crippen molar-refractivity contribution < 1.29 is 9.53 Å². The number of carbonyl (C=O) groups is 1. The van der Waals surface area contributed by atoms with Gasteiger partial charge in [-0.15, -0.1) is 17.9 Å². The van der Waals surface area contributed by atoms with Crippen LogP contribution >= 0.6 is 11.3 Å². The van der Waals surface area contributed by atoms with Gasteiger partial charge in [0.25, 0.3) is 0 Å². The van der Waals surface area contributed by atoms with E-state index in [1.54, 1.807) is 6.08 Å². The number of nitrogens with one attached hydrogen (secondary N) is 1. The van der Waals surface area contributed by atoms with Gasteiger partial charge in [-0.2, -0.15) is 0 Å². The Hall–Kier alpha value is -1.95. The van der Waals surface area contributed by atoms with Crippen molar-refractivity contribution in [3.63, 3.8) is 0 Å². The number of methoxy groups -OCH3 is 1. The van der Waals surface area contributed by atoms with Crippen LogP contribution in [0.2, 0.25) is 0 Å². The third-order valence-corrected chi connectivity index (χ3v) is 3.85. The summed E-state index contributed by atoms with van der Waals surface area (Å²) >= 11 is 1.33. The lowest BCUT2D eigenvalue weighted by Crippen LogP contribution is -2.04. The highest BCUT2D eigenvalue weighted by Crippen LogP contribution is 2.34. The Morgan fingerprint density at radius 2 is 2.21 bits per heavy atom. The first kappa shape index (κ1) is 13.5. The average molecular weight is 277 g/mol. The van der Waals surface area contributed by atoms with Crippen LogP contribution in [-0.2, 0) is 4.74 Å². The molecule has 5 nitrogen and oxygen atoms in total. The Balaban J connectivity index is 2.65. The van der Waals surface area contributed by atoms with Crippen molar-refractivity contribution in [2.75, 3.05) is 19.0 Å². The van der Waals surface area contributed by atoms with Gasteiger partial charge in [-0.05, 0) is 19.4 Å². The number of carbonyl (C=O) groups excluding carboxylic acids is 1. The van der Waals surface area contributed by atoms with Gasteiger partial charge in [-0.3, -0.25) is 0 Å². The molecule has 0 fully saturated rings. The smallest absolute Gasteiger partial charge is 0.348 e. The van der Waals surface area contributed by atoms with E-state index in [9.17, 15) is 4.79 Å². The summed E-state index contributed by atoms with van der Waals surface area (Å²) in [6.45, 7) is 7.98. The van der Waals surface area contributed by atoms with E-state index in [0.29, 0.717) is 17.2 Å². The zero-order valence-corrected chi connectivity index (χ0v) is 11.9. The maximum absolute atomic E-state index is 11.7. The van der Waals surface area contributed by atoms with Crippen LogP contribution in [0.1, 0.15) is 21.1 Å². The van der Waals surface area contributed by atoms with Gasteiger partial charge >= 0.3 is 5.97 Å². The van der Waals surface area contributed by atoms with Gasteiger partial charge in [-0.25, -0.2) is 14.8 Å². The summed E-state index contributed by atoms with van der Waals surface area (Å²) in [5.74, 6) is 1.05. The molecule has 0 saturated carbocycles. The topological polar surface area (TPSA) is 64.1 Å². The van der Waals surface area contributed by atoms with Crippen LogP contribution in [0.4, 0.5) is 5.82 Å².